The Morgan fingerprint density at radius 3 is 1.45 bits per heavy atom. The monoisotopic (exact) mass is 777 g/mol. The molecule has 0 bridgehead atoms. The predicted molar refractivity (Wildman–Crippen MR) is 193 cm³/mol. The molecule has 0 saturated heterocycles. The van der Waals surface area contributed by atoms with E-state index in [0.29, 0.717) is 0 Å². The van der Waals surface area contributed by atoms with Gasteiger partial charge in [-0.15, -0.1) is 35.4 Å². The molecule has 1 radical (unpaired) electrons. The molecule has 0 N–H and O–H groups in total. The van der Waals surface area contributed by atoms with Crippen molar-refractivity contribution in [3.63, 3.8) is 0 Å². The summed E-state index contributed by atoms with van der Waals surface area (Å²) in [4.78, 5) is 4.75. The van der Waals surface area contributed by atoms with E-state index in [4.69, 9.17) is 4.98 Å². The van der Waals surface area contributed by atoms with Gasteiger partial charge in [-0.1, -0.05) is 121 Å². The fraction of sp³-hybridized carbons (Fsp3) is 0. The summed E-state index contributed by atoms with van der Waals surface area (Å²) in [6.07, 6.45) is 1.88. The molecule has 2 heteroatoms. The number of benzene rings is 7. The summed E-state index contributed by atoms with van der Waals surface area (Å²) in [5.74, 6) is 0. The van der Waals surface area contributed by atoms with Crippen LogP contribution in [0.4, 0.5) is 0 Å². The number of hydrogen-bond acceptors (Lipinski definition) is 1. The van der Waals surface area contributed by atoms with E-state index in [-0.39, 0.29) is 20.1 Å². The van der Waals surface area contributed by atoms with Crippen LogP contribution in [0.2, 0.25) is 0 Å². The van der Waals surface area contributed by atoms with Gasteiger partial charge in [0.15, 0.2) is 0 Å². The van der Waals surface area contributed by atoms with Crippen LogP contribution in [0.25, 0.3) is 77.7 Å². The van der Waals surface area contributed by atoms with E-state index in [2.05, 4.69) is 176 Å². The van der Waals surface area contributed by atoms with Crippen molar-refractivity contribution in [3.05, 3.63) is 188 Å². The molecule has 0 unspecified atom stereocenters. The molecule has 8 aromatic rings. The average molecular weight is 777 g/mol. The number of pyridine rings is 1. The molecule has 8 rings (SSSR count). The van der Waals surface area contributed by atoms with E-state index in [1.54, 1.807) is 0 Å². The van der Waals surface area contributed by atoms with Crippen molar-refractivity contribution in [2.24, 2.45) is 0 Å². The predicted octanol–water partition coefficient (Wildman–Crippen LogP) is 12.0. The topological polar surface area (TPSA) is 12.9 Å². The Bertz CT molecular complexity index is 2300. The van der Waals surface area contributed by atoms with Gasteiger partial charge in [-0.25, -0.2) is 0 Å². The van der Waals surface area contributed by atoms with Crippen LogP contribution in [0.1, 0.15) is 0 Å². The summed E-state index contributed by atoms with van der Waals surface area (Å²) in [5.41, 5.74) is 13.8. The van der Waals surface area contributed by atoms with Gasteiger partial charge in [0.2, 0.25) is 0 Å². The van der Waals surface area contributed by atoms with Gasteiger partial charge >= 0.3 is 0 Å². The molecule has 47 heavy (non-hydrogen) atoms. The SMILES string of the molecule is [Ir].[c-]1ccc(-c2cccc(-c3cc(-c4ccccc4)cc(-c4cccc(-c5ccccc5)c4)c3)c2)cc1-c1nccc2ccccc12. The van der Waals surface area contributed by atoms with Gasteiger partial charge in [0, 0.05) is 26.3 Å². The molecule has 0 aliphatic carbocycles. The summed E-state index contributed by atoms with van der Waals surface area (Å²) < 4.78 is 0. The van der Waals surface area contributed by atoms with Gasteiger partial charge in [0.05, 0.1) is 0 Å². The van der Waals surface area contributed by atoms with Gasteiger partial charge in [-0.3, -0.25) is 0 Å². The molecule has 1 heterocycles. The molecule has 0 saturated carbocycles. The second-order valence-corrected chi connectivity index (χ2v) is 11.6. The summed E-state index contributed by atoms with van der Waals surface area (Å²) >= 11 is 0. The third kappa shape index (κ3) is 6.35. The Labute approximate surface area is 289 Å². The molecule has 1 nitrogen and oxygen atoms in total. The van der Waals surface area contributed by atoms with E-state index in [9.17, 15) is 0 Å². The molecule has 225 valence electrons. The molecule has 0 atom stereocenters. The standard InChI is InChI=1S/C45H30N.Ir/c1-3-12-32(13-4-1)35-17-9-20-38(26-35)42-29-41(33-14-5-2-6-15-33)30-43(31-42)39-21-10-18-36(27-39)37-19-11-22-40(28-37)45-44-23-8-7-16-34(44)24-25-46-45;/h1-21,23-31H;/q-1;. The molecule has 0 fully saturated rings. The maximum atomic E-state index is 4.75. The van der Waals surface area contributed by atoms with Crippen LogP contribution in [0.3, 0.4) is 0 Å². The molecule has 0 spiro atoms. The van der Waals surface area contributed by atoms with E-state index in [1.807, 2.05) is 12.3 Å². The number of aromatic nitrogens is 1. The molecule has 0 amide bonds. The van der Waals surface area contributed by atoms with E-state index < -0.39 is 0 Å². The minimum absolute atomic E-state index is 0. The first-order chi connectivity index (χ1) is 22.8. The molecule has 1 aromatic heterocycles. The van der Waals surface area contributed by atoms with Crippen molar-refractivity contribution in [1.29, 1.82) is 0 Å². The molecule has 7 aromatic carbocycles. The van der Waals surface area contributed by atoms with Crippen molar-refractivity contribution >= 4 is 10.8 Å². The van der Waals surface area contributed by atoms with Crippen LogP contribution in [-0.2, 0) is 20.1 Å². The Hall–Kier alpha value is -5.40. The van der Waals surface area contributed by atoms with Crippen molar-refractivity contribution < 1.29 is 20.1 Å². The minimum Gasteiger partial charge on any atom is -0.304 e. The maximum Gasteiger partial charge on any atom is 0.0167 e. The fourth-order valence-electron chi connectivity index (χ4n) is 6.26. The van der Waals surface area contributed by atoms with Gasteiger partial charge in [-0.05, 0) is 103 Å². The van der Waals surface area contributed by atoms with Crippen LogP contribution in [0.15, 0.2) is 182 Å². The zero-order valence-electron chi connectivity index (χ0n) is 25.6. The first-order valence-electron chi connectivity index (χ1n) is 15.6. The molecule has 0 aliphatic rings. The zero-order chi connectivity index (χ0) is 30.7. The number of rotatable bonds is 6. The number of nitrogens with zero attached hydrogens (tertiary/aromatic N) is 1. The third-order valence-corrected chi connectivity index (χ3v) is 8.60. The first kappa shape index (κ1) is 30.3. The van der Waals surface area contributed by atoms with Crippen molar-refractivity contribution in [2.45, 2.75) is 0 Å². The summed E-state index contributed by atoms with van der Waals surface area (Å²) in [5, 5.41) is 2.31. The van der Waals surface area contributed by atoms with Crippen molar-refractivity contribution in [2.75, 3.05) is 0 Å². The fourth-order valence-corrected chi connectivity index (χ4v) is 6.26. The summed E-state index contributed by atoms with van der Waals surface area (Å²) in [7, 11) is 0. The van der Waals surface area contributed by atoms with Crippen LogP contribution < -0.4 is 0 Å². The first-order valence-corrected chi connectivity index (χ1v) is 15.6. The van der Waals surface area contributed by atoms with Crippen LogP contribution in [0, 0.1) is 6.07 Å². The van der Waals surface area contributed by atoms with Crippen molar-refractivity contribution in [3.8, 4) is 66.9 Å². The number of hydrogen-bond donors (Lipinski definition) is 0. The smallest absolute Gasteiger partial charge is 0.0167 e. The zero-order valence-corrected chi connectivity index (χ0v) is 28.0. The van der Waals surface area contributed by atoms with Crippen molar-refractivity contribution in [1.82, 2.24) is 4.98 Å². The largest absolute Gasteiger partial charge is 0.304 e. The van der Waals surface area contributed by atoms with Gasteiger partial charge < -0.3 is 4.98 Å². The van der Waals surface area contributed by atoms with Crippen LogP contribution in [-0.4, -0.2) is 4.98 Å². The average Bonchev–Trinajstić information content (AvgIpc) is 3.15. The molecular formula is C45H30IrN-. The second kappa shape index (κ2) is 13.5. The summed E-state index contributed by atoms with van der Waals surface area (Å²) in [6.45, 7) is 0. The summed E-state index contributed by atoms with van der Waals surface area (Å²) in [6, 6.07) is 66.1. The number of fused-ring (bicyclic) bond motifs is 1. The van der Waals surface area contributed by atoms with E-state index in [1.165, 1.54) is 49.9 Å². The molecular weight excluding hydrogens is 747 g/mol. The van der Waals surface area contributed by atoms with E-state index in [0.717, 1.165) is 27.8 Å². The Morgan fingerprint density at radius 2 is 0.809 bits per heavy atom. The van der Waals surface area contributed by atoms with E-state index >= 15 is 0 Å². The maximum absolute atomic E-state index is 4.75. The Balaban J connectivity index is 0.00000351. The van der Waals surface area contributed by atoms with Crippen LogP contribution >= 0.6 is 0 Å². The normalized spacial score (nSPS) is 10.8. The third-order valence-electron chi connectivity index (χ3n) is 8.60. The Morgan fingerprint density at radius 1 is 0.362 bits per heavy atom. The quantitative estimate of drug-likeness (QED) is 0.153. The minimum atomic E-state index is 0. The van der Waals surface area contributed by atoms with Gasteiger partial charge in [-0.2, -0.15) is 0 Å². The Kier molecular flexibility index (Phi) is 8.71. The van der Waals surface area contributed by atoms with Crippen LogP contribution in [0.5, 0.6) is 0 Å². The molecule has 0 aliphatic heterocycles. The second-order valence-electron chi connectivity index (χ2n) is 11.6. The van der Waals surface area contributed by atoms with Gasteiger partial charge in [0.25, 0.3) is 0 Å². The van der Waals surface area contributed by atoms with Gasteiger partial charge in [0.1, 0.15) is 0 Å².